The number of rotatable bonds is 3. The van der Waals surface area contributed by atoms with Crippen LogP contribution in [0.15, 0.2) is 42.6 Å². The van der Waals surface area contributed by atoms with Crippen molar-refractivity contribution in [2.45, 2.75) is 36.8 Å². The van der Waals surface area contributed by atoms with E-state index in [1.54, 1.807) is 24.3 Å². The van der Waals surface area contributed by atoms with Crippen LogP contribution < -0.4 is 4.40 Å². The van der Waals surface area contributed by atoms with Gasteiger partial charge in [0, 0.05) is 0 Å². The molecule has 0 N–H and O–H groups in total. The molecular weight excluding hydrogens is 291 g/mol. The quantitative estimate of drug-likeness (QED) is 0.762. The fraction of sp³-hybridized carbons (Fsp3) is 0.353. The molecule has 19 heavy (non-hydrogen) atoms. The molecule has 2 heteroatoms. The van der Waals surface area contributed by atoms with Gasteiger partial charge in [0.2, 0.25) is 0 Å². The molecule has 2 rings (SSSR count). The molecule has 0 aliphatic carbocycles. The van der Waals surface area contributed by atoms with Crippen molar-refractivity contribution in [2.75, 3.05) is 0 Å². The summed E-state index contributed by atoms with van der Waals surface area (Å²) in [5.41, 5.74) is -8.46. The van der Waals surface area contributed by atoms with E-state index < -0.39 is 36.2 Å². The van der Waals surface area contributed by atoms with Crippen LogP contribution in [0, 0.1) is 0 Å². The van der Waals surface area contributed by atoms with Crippen molar-refractivity contribution in [3.05, 3.63) is 48.2 Å². The average Bonchev–Trinajstić information content (AvgIpc) is 2.51. The molecule has 0 saturated carbocycles. The standard InChI is InChI=1S/C17H23GeN/c1-13(2)15-11-17(14-9-7-6-8-10-14)19-12-16(15)18(3,4)5/h6-13H,1-5H3/i3D3,4D3,5D3,13D. The summed E-state index contributed by atoms with van der Waals surface area (Å²) in [5.74, 6) is -1.43. The third-order valence-electron chi connectivity index (χ3n) is 2.92. The molecule has 1 aromatic heterocycles. The van der Waals surface area contributed by atoms with E-state index in [-0.39, 0.29) is 9.96 Å². The van der Waals surface area contributed by atoms with Gasteiger partial charge in [-0.2, -0.15) is 0 Å². The van der Waals surface area contributed by atoms with Crippen molar-refractivity contribution >= 4 is 17.7 Å². The van der Waals surface area contributed by atoms with E-state index in [0.29, 0.717) is 11.3 Å². The zero-order valence-corrected chi connectivity index (χ0v) is 13.1. The average molecular weight is 324 g/mol. The van der Waals surface area contributed by atoms with E-state index in [9.17, 15) is 0 Å². The van der Waals surface area contributed by atoms with E-state index in [2.05, 4.69) is 4.98 Å². The Kier molecular flexibility index (Phi) is 1.77. The fourth-order valence-electron chi connectivity index (χ4n) is 1.93. The Labute approximate surface area is 133 Å². The summed E-state index contributed by atoms with van der Waals surface area (Å²) in [4.78, 5) is 4.24. The van der Waals surface area contributed by atoms with Crippen molar-refractivity contribution in [2.24, 2.45) is 0 Å². The third-order valence-corrected chi connectivity index (χ3v) is 5.45. The molecule has 0 saturated heterocycles. The van der Waals surface area contributed by atoms with Crippen molar-refractivity contribution in [3.8, 4) is 11.3 Å². The van der Waals surface area contributed by atoms with Crippen LogP contribution in [0.25, 0.3) is 11.3 Å². The number of nitrogens with zero attached hydrogens (tertiary/aromatic N) is 1. The molecule has 0 fully saturated rings. The molecule has 1 heterocycles. The molecule has 2 aromatic rings. The zero-order valence-electron chi connectivity index (χ0n) is 21.0. The van der Waals surface area contributed by atoms with Crippen LogP contribution in [-0.4, -0.2) is 18.3 Å². The van der Waals surface area contributed by atoms with E-state index in [1.165, 1.54) is 19.9 Å². The van der Waals surface area contributed by atoms with Gasteiger partial charge in [0.25, 0.3) is 0 Å². The molecule has 0 aliphatic rings. The number of hydrogen-bond donors (Lipinski definition) is 0. The second-order valence-corrected chi connectivity index (χ2v) is 9.01. The summed E-state index contributed by atoms with van der Waals surface area (Å²) < 4.78 is 80.3. The molecule has 0 atom stereocenters. The Morgan fingerprint density at radius 1 is 1.16 bits per heavy atom. The third kappa shape index (κ3) is 3.27. The van der Waals surface area contributed by atoms with Crippen molar-refractivity contribution in [1.82, 2.24) is 4.98 Å². The van der Waals surface area contributed by atoms with Gasteiger partial charge in [-0.25, -0.2) is 0 Å². The van der Waals surface area contributed by atoms with Gasteiger partial charge in [-0.15, -0.1) is 0 Å². The first-order chi connectivity index (χ1) is 12.9. The Morgan fingerprint density at radius 2 is 1.84 bits per heavy atom. The fourth-order valence-corrected chi connectivity index (χ4v) is 4.00. The van der Waals surface area contributed by atoms with Gasteiger partial charge in [0.05, 0.1) is 0 Å². The molecular formula is C17H23GeN. The van der Waals surface area contributed by atoms with Crippen LogP contribution in [0.2, 0.25) is 17.1 Å². The van der Waals surface area contributed by atoms with Gasteiger partial charge < -0.3 is 0 Å². The molecule has 0 bridgehead atoms. The summed E-state index contributed by atoms with van der Waals surface area (Å²) in [6, 6.07) is 10.4. The van der Waals surface area contributed by atoms with Crippen LogP contribution in [-0.2, 0) is 0 Å². The molecule has 0 aliphatic heterocycles. The maximum atomic E-state index is 8.52. The molecule has 0 unspecified atom stereocenters. The van der Waals surface area contributed by atoms with Gasteiger partial charge in [-0.3, -0.25) is 0 Å². The summed E-state index contributed by atoms with van der Waals surface area (Å²) in [6.07, 6.45) is 1.08. The van der Waals surface area contributed by atoms with Crippen LogP contribution in [0.3, 0.4) is 0 Å². The van der Waals surface area contributed by atoms with Crippen LogP contribution in [0.1, 0.15) is 39.0 Å². The normalized spacial score (nSPS) is 22.2. The summed E-state index contributed by atoms with van der Waals surface area (Å²) in [5, 5.41) is 0. The van der Waals surface area contributed by atoms with Crippen LogP contribution in [0.4, 0.5) is 0 Å². The van der Waals surface area contributed by atoms with Crippen LogP contribution in [0.5, 0.6) is 0 Å². The van der Waals surface area contributed by atoms with Gasteiger partial charge >= 0.3 is 133 Å². The topological polar surface area (TPSA) is 12.9 Å². The maximum absolute atomic E-state index is 8.52. The molecule has 100 valence electrons. The van der Waals surface area contributed by atoms with Gasteiger partial charge in [0.1, 0.15) is 0 Å². The van der Waals surface area contributed by atoms with E-state index in [0.717, 1.165) is 6.20 Å². The Morgan fingerprint density at radius 3 is 2.42 bits per heavy atom. The predicted molar refractivity (Wildman–Crippen MR) is 86.7 cm³/mol. The first kappa shape index (κ1) is 6.13. The molecule has 1 aromatic carbocycles. The predicted octanol–water partition coefficient (Wildman–Crippen LogP) is 4.42. The Bertz CT molecular complexity index is 827. The Balaban J connectivity index is 2.99. The first-order valence-electron chi connectivity index (χ1n) is 11.0. The minimum atomic E-state index is -5.95. The molecule has 0 spiro atoms. The monoisotopic (exact) mass is 325 g/mol. The van der Waals surface area contributed by atoms with Crippen LogP contribution >= 0.6 is 0 Å². The number of pyridine rings is 1. The number of aromatic nitrogens is 1. The summed E-state index contributed by atoms with van der Waals surface area (Å²) in [7, 11) is 0. The van der Waals surface area contributed by atoms with Crippen molar-refractivity contribution in [3.63, 3.8) is 0 Å². The second kappa shape index (κ2) is 5.50. The van der Waals surface area contributed by atoms with E-state index in [4.69, 9.17) is 13.7 Å². The first-order valence-corrected chi connectivity index (χ1v) is 10.2. The van der Waals surface area contributed by atoms with Crippen molar-refractivity contribution in [1.29, 1.82) is 0 Å². The molecule has 0 radical (unpaired) electrons. The molecule has 0 amide bonds. The minimum absolute atomic E-state index is 0.0785. The summed E-state index contributed by atoms with van der Waals surface area (Å²) in [6.45, 7) is 2.96. The SMILES string of the molecule is [2H]C(C)(C)c1cc(-c2ccccc2)nc[c]1[Ge]([C]([2H])([2H])[2H])([C]([2H])([2H])[2H])[C]([2H])([2H])[2H]. The second-order valence-electron chi connectivity index (χ2n) is 4.73. The summed E-state index contributed by atoms with van der Waals surface area (Å²) >= 11 is -5.95. The van der Waals surface area contributed by atoms with Gasteiger partial charge in [0.15, 0.2) is 0 Å². The molecule has 1 nitrogen and oxygen atoms in total. The zero-order chi connectivity index (χ0) is 22.5. The van der Waals surface area contributed by atoms with Gasteiger partial charge in [-0.05, 0) is 0 Å². The number of hydrogen-bond acceptors (Lipinski definition) is 1. The van der Waals surface area contributed by atoms with E-state index >= 15 is 0 Å². The Hall–Kier alpha value is -1.09. The van der Waals surface area contributed by atoms with Gasteiger partial charge in [-0.1, -0.05) is 0 Å². The van der Waals surface area contributed by atoms with Crippen molar-refractivity contribution < 1.29 is 13.7 Å². The number of benzene rings is 1. The van der Waals surface area contributed by atoms with E-state index in [1.807, 2.05) is 6.07 Å².